The van der Waals surface area contributed by atoms with Crippen LogP contribution in [0.15, 0.2) is 0 Å². The molecule has 1 unspecified atom stereocenters. The first-order valence-corrected chi connectivity index (χ1v) is 4.44. The van der Waals surface area contributed by atoms with Gasteiger partial charge in [0.05, 0.1) is 0 Å². The van der Waals surface area contributed by atoms with Gasteiger partial charge in [0.15, 0.2) is 0 Å². The third kappa shape index (κ3) is 2.45. The van der Waals surface area contributed by atoms with Crippen LogP contribution in [0.3, 0.4) is 0 Å². The van der Waals surface area contributed by atoms with Gasteiger partial charge in [-0.15, -0.1) is 0 Å². The van der Waals surface area contributed by atoms with Crippen LogP contribution >= 0.6 is 27.5 Å². The van der Waals surface area contributed by atoms with Crippen molar-refractivity contribution in [2.75, 3.05) is 0 Å². The first-order chi connectivity index (χ1) is 7.00. The molecule has 0 nitrogen and oxygen atoms in total. The molecule has 0 bridgehead atoms. The molecule has 12 heteroatoms. The molecule has 0 fully saturated rings. The smallest absolute Gasteiger partial charge is 0.216 e. The lowest BCUT2D eigenvalue weighted by Crippen LogP contribution is -2.64. The Bertz CT molecular complexity index is 260. The topological polar surface area (TPSA) is 0 Å². The van der Waals surface area contributed by atoms with Gasteiger partial charge in [-0.05, 0) is 27.5 Å². The van der Waals surface area contributed by atoms with E-state index in [9.17, 15) is 43.9 Å². The fraction of sp³-hybridized carbons (Fsp3) is 1.00. The number of hydrogen-bond donors (Lipinski definition) is 0. The third-order valence-electron chi connectivity index (χ3n) is 1.50. The summed E-state index contributed by atoms with van der Waals surface area (Å²) >= 11 is 4.50. The van der Waals surface area contributed by atoms with E-state index in [0.717, 1.165) is 15.9 Å². The zero-order chi connectivity index (χ0) is 14.5. The summed E-state index contributed by atoms with van der Waals surface area (Å²) in [5.74, 6) is -13.9. The summed E-state index contributed by atoms with van der Waals surface area (Å²) in [7, 11) is 0. The van der Waals surface area contributed by atoms with Gasteiger partial charge in [0.1, 0.15) is 0 Å². The van der Waals surface area contributed by atoms with Crippen molar-refractivity contribution < 1.29 is 43.9 Å². The Morgan fingerprint density at radius 3 is 1.12 bits per heavy atom. The lowest BCUT2D eigenvalue weighted by molar-refractivity contribution is -0.377. The van der Waals surface area contributed by atoms with E-state index in [1.54, 1.807) is 0 Å². The largest absolute Gasteiger partial charge is 0.460 e. The van der Waals surface area contributed by atoms with Crippen LogP contribution in [0.25, 0.3) is 0 Å². The van der Waals surface area contributed by atoms with Gasteiger partial charge >= 0.3 is 28.0 Å². The van der Waals surface area contributed by atoms with Crippen molar-refractivity contribution in [3.8, 4) is 0 Å². The minimum atomic E-state index is -7.05. The predicted octanol–water partition coefficient (Wildman–Crippen LogP) is 4.71. The molecule has 0 aromatic rings. The molecular formula is C5BrClF10. The highest BCUT2D eigenvalue weighted by atomic mass is 79.9. The van der Waals surface area contributed by atoms with Crippen LogP contribution < -0.4 is 0 Å². The molecule has 0 saturated carbocycles. The minimum absolute atomic E-state index is 0.774. The van der Waals surface area contributed by atoms with Gasteiger partial charge in [-0.3, -0.25) is 0 Å². The molecule has 0 saturated heterocycles. The highest BCUT2D eigenvalue weighted by Crippen LogP contribution is 2.59. The second-order valence-electron chi connectivity index (χ2n) is 2.72. The van der Waals surface area contributed by atoms with Gasteiger partial charge in [-0.1, -0.05) is 0 Å². The normalized spacial score (nSPS) is 19.1. The maximum atomic E-state index is 12.7. The van der Waals surface area contributed by atoms with E-state index in [1.165, 1.54) is 0 Å². The van der Waals surface area contributed by atoms with E-state index in [0.29, 0.717) is 0 Å². The Labute approximate surface area is 100 Å². The van der Waals surface area contributed by atoms with Crippen molar-refractivity contribution >= 4 is 27.5 Å². The van der Waals surface area contributed by atoms with Crippen LogP contribution in [0, 0.1) is 0 Å². The van der Waals surface area contributed by atoms with Crippen molar-refractivity contribution in [3.63, 3.8) is 0 Å². The fourth-order valence-electron chi connectivity index (χ4n) is 0.553. The molecule has 1 atom stereocenters. The molecule has 0 aromatic heterocycles. The van der Waals surface area contributed by atoms with Crippen LogP contribution in [-0.2, 0) is 0 Å². The van der Waals surface area contributed by atoms with Crippen LogP contribution in [0.1, 0.15) is 0 Å². The molecule has 0 aliphatic heterocycles. The van der Waals surface area contributed by atoms with Crippen molar-refractivity contribution in [1.29, 1.82) is 0 Å². The number of hydrogen-bond acceptors (Lipinski definition) is 0. The third-order valence-corrected chi connectivity index (χ3v) is 2.99. The van der Waals surface area contributed by atoms with E-state index < -0.39 is 28.0 Å². The van der Waals surface area contributed by atoms with E-state index in [-0.39, 0.29) is 0 Å². The van der Waals surface area contributed by atoms with Gasteiger partial charge in [0.2, 0.25) is 0 Å². The van der Waals surface area contributed by atoms with E-state index in [1.807, 2.05) is 0 Å². The molecule has 0 radical (unpaired) electrons. The van der Waals surface area contributed by atoms with Gasteiger partial charge in [0.25, 0.3) is 0 Å². The van der Waals surface area contributed by atoms with E-state index >= 15 is 0 Å². The first-order valence-electron chi connectivity index (χ1n) is 3.27. The monoisotopic (exact) mass is 364 g/mol. The molecule has 0 N–H and O–H groups in total. The summed E-state index contributed by atoms with van der Waals surface area (Å²) in [5, 5.41) is -5.70. The molecule has 0 aromatic carbocycles. The lowest BCUT2D eigenvalue weighted by Gasteiger charge is -2.36. The molecular weight excluding hydrogens is 365 g/mol. The Morgan fingerprint density at radius 2 is 0.941 bits per heavy atom. The van der Waals surface area contributed by atoms with Crippen molar-refractivity contribution in [2.45, 2.75) is 28.0 Å². The van der Waals surface area contributed by atoms with E-state index in [2.05, 4.69) is 11.6 Å². The highest BCUT2D eigenvalue weighted by molar-refractivity contribution is 9.10. The summed E-state index contributed by atoms with van der Waals surface area (Å²) in [5.41, 5.74) is 0. The van der Waals surface area contributed by atoms with Gasteiger partial charge < -0.3 is 0 Å². The van der Waals surface area contributed by atoms with Crippen LogP contribution in [-0.4, -0.2) is 28.0 Å². The molecule has 0 heterocycles. The zero-order valence-corrected chi connectivity index (χ0v) is 9.38. The van der Waals surface area contributed by atoms with Gasteiger partial charge in [-0.2, -0.15) is 39.5 Å². The Kier molecular flexibility index (Phi) is 4.05. The Hall–Kier alpha value is 0.0700. The minimum Gasteiger partial charge on any atom is -0.216 e. The first kappa shape index (κ1) is 17.1. The van der Waals surface area contributed by atoms with Gasteiger partial charge in [-0.25, -0.2) is 4.39 Å². The quantitative estimate of drug-likeness (QED) is 0.502. The Morgan fingerprint density at radius 1 is 0.647 bits per heavy atom. The van der Waals surface area contributed by atoms with Crippen LogP contribution in [0.2, 0.25) is 0 Å². The average molecular weight is 365 g/mol. The molecule has 0 rings (SSSR count). The molecule has 0 amide bonds. The van der Waals surface area contributed by atoms with Crippen molar-refractivity contribution in [1.82, 2.24) is 0 Å². The van der Waals surface area contributed by atoms with Crippen LogP contribution in [0.5, 0.6) is 0 Å². The lowest BCUT2D eigenvalue weighted by atomic mass is 10.1. The van der Waals surface area contributed by atoms with Crippen molar-refractivity contribution in [2.24, 2.45) is 0 Å². The molecule has 104 valence electrons. The summed E-state index contributed by atoms with van der Waals surface area (Å²) in [6, 6.07) is 0. The molecule has 0 aliphatic carbocycles. The number of alkyl halides is 12. The average Bonchev–Trinajstić information content (AvgIpc) is 1.98. The maximum Gasteiger partial charge on any atom is 0.460 e. The predicted molar refractivity (Wildman–Crippen MR) is 39.5 cm³/mol. The summed E-state index contributed by atoms with van der Waals surface area (Å²) in [6.45, 7) is 0. The Balaban J connectivity index is 5.73. The zero-order valence-electron chi connectivity index (χ0n) is 7.04. The standard InChI is InChI=1S/C5BrClF10/c6-1(8,4(7,13)14)2(9,10)3(11,12)5(15,16)17. The summed E-state index contributed by atoms with van der Waals surface area (Å²) in [4.78, 5) is 0. The second kappa shape index (κ2) is 4.04. The molecule has 17 heavy (non-hydrogen) atoms. The summed E-state index contributed by atoms with van der Waals surface area (Å²) in [6.07, 6.45) is -6.94. The second-order valence-corrected chi connectivity index (χ2v) is 4.29. The molecule has 0 spiro atoms. The SMILES string of the molecule is FC(F)(F)C(F)(F)C(F)(F)C(F)(Br)C(F)(F)Cl. The number of rotatable bonds is 3. The number of halogens is 12. The fourth-order valence-corrected chi connectivity index (χ4v) is 0.921. The highest BCUT2D eigenvalue weighted by Gasteiger charge is 2.85. The van der Waals surface area contributed by atoms with Crippen molar-refractivity contribution in [3.05, 3.63) is 0 Å². The van der Waals surface area contributed by atoms with Gasteiger partial charge in [0, 0.05) is 0 Å². The van der Waals surface area contributed by atoms with E-state index in [4.69, 9.17) is 0 Å². The molecule has 0 aliphatic rings. The maximum absolute atomic E-state index is 12.7. The van der Waals surface area contributed by atoms with Crippen LogP contribution in [0.4, 0.5) is 43.9 Å². The summed E-state index contributed by atoms with van der Waals surface area (Å²) < 4.78 is 115.